The summed E-state index contributed by atoms with van der Waals surface area (Å²) in [4.78, 5) is 0. The highest BCUT2D eigenvalue weighted by molar-refractivity contribution is 4.93. The standard InChI is InChI=1S/C34H59F3/c1-3-5-6-9-28-19-20-30(23-32(28)35)26-15-13-25(14-16-26)8-7-10-29-21-22-31(34(37)33(29)36)27-17-11-24(4-2)12-18-27/h24-34H,3-23H2,1-2H3. The molecule has 0 heterocycles. The van der Waals surface area contributed by atoms with E-state index in [0.717, 1.165) is 75.5 Å². The van der Waals surface area contributed by atoms with E-state index in [9.17, 15) is 4.39 Å². The molecule has 3 heteroatoms. The SMILES string of the molecule is CCCCCC1CCC(C2CCC(CCCC3CCC(C4CCC(CC)CC4)C(F)C3F)CC2)CC1F. The maximum absolute atomic E-state index is 15.2. The van der Waals surface area contributed by atoms with Gasteiger partial charge in [-0.2, -0.15) is 0 Å². The Labute approximate surface area is 227 Å². The van der Waals surface area contributed by atoms with Gasteiger partial charge in [0.25, 0.3) is 0 Å². The largest absolute Gasteiger partial charge is 0.247 e. The summed E-state index contributed by atoms with van der Waals surface area (Å²) in [5.74, 6) is 3.60. The summed E-state index contributed by atoms with van der Waals surface area (Å²) in [5.41, 5.74) is 0. The zero-order valence-corrected chi connectivity index (χ0v) is 24.3. The highest BCUT2D eigenvalue weighted by Crippen LogP contribution is 2.47. The molecule has 7 unspecified atom stereocenters. The van der Waals surface area contributed by atoms with E-state index < -0.39 is 18.5 Å². The van der Waals surface area contributed by atoms with Gasteiger partial charge < -0.3 is 0 Å². The lowest BCUT2D eigenvalue weighted by atomic mass is 9.66. The van der Waals surface area contributed by atoms with E-state index in [2.05, 4.69) is 13.8 Å². The van der Waals surface area contributed by atoms with Gasteiger partial charge in [-0.25, -0.2) is 13.2 Å². The molecule has 4 aliphatic carbocycles. The van der Waals surface area contributed by atoms with Crippen molar-refractivity contribution in [2.24, 2.45) is 47.3 Å². The summed E-state index contributed by atoms with van der Waals surface area (Å²) in [5, 5.41) is 0. The van der Waals surface area contributed by atoms with Gasteiger partial charge in [0.05, 0.1) is 0 Å². The number of alkyl halides is 3. The van der Waals surface area contributed by atoms with Crippen molar-refractivity contribution >= 4 is 0 Å². The Kier molecular flexibility index (Phi) is 12.0. The Morgan fingerprint density at radius 2 is 1.14 bits per heavy atom. The van der Waals surface area contributed by atoms with Crippen molar-refractivity contribution in [3.63, 3.8) is 0 Å². The smallest absolute Gasteiger partial charge is 0.134 e. The Morgan fingerprint density at radius 3 is 1.81 bits per heavy atom. The molecule has 0 nitrogen and oxygen atoms in total. The molecule has 7 atom stereocenters. The maximum atomic E-state index is 15.2. The molecule has 0 saturated heterocycles. The number of unbranched alkanes of at least 4 members (excludes halogenated alkanes) is 2. The minimum absolute atomic E-state index is 0.0188. The minimum Gasteiger partial charge on any atom is -0.247 e. The van der Waals surface area contributed by atoms with Gasteiger partial charge in [0.1, 0.15) is 18.5 Å². The average molecular weight is 525 g/mol. The van der Waals surface area contributed by atoms with E-state index in [1.165, 1.54) is 77.0 Å². The number of hydrogen-bond acceptors (Lipinski definition) is 0. The molecular formula is C34H59F3. The van der Waals surface area contributed by atoms with Crippen LogP contribution in [0.15, 0.2) is 0 Å². The second-order valence-corrected chi connectivity index (χ2v) is 14.1. The van der Waals surface area contributed by atoms with Crippen LogP contribution in [0.5, 0.6) is 0 Å². The summed E-state index contributed by atoms with van der Waals surface area (Å²) in [6.07, 6.45) is 20.9. The number of halogens is 3. The van der Waals surface area contributed by atoms with Crippen LogP contribution in [0.3, 0.4) is 0 Å². The van der Waals surface area contributed by atoms with E-state index in [-0.39, 0.29) is 11.8 Å². The number of rotatable bonds is 11. The predicted octanol–water partition coefficient (Wildman–Crippen LogP) is 11.2. The van der Waals surface area contributed by atoms with Crippen LogP contribution in [0.4, 0.5) is 13.2 Å². The molecule has 0 aromatic rings. The molecular weight excluding hydrogens is 465 g/mol. The third-order valence-electron chi connectivity index (χ3n) is 12.0. The van der Waals surface area contributed by atoms with Crippen LogP contribution >= 0.6 is 0 Å². The van der Waals surface area contributed by atoms with Crippen molar-refractivity contribution in [3.8, 4) is 0 Å². The molecule has 4 fully saturated rings. The average Bonchev–Trinajstić information content (AvgIpc) is 2.92. The summed E-state index contributed by atoms with van der Waals surface area (Å²) in [7, 11) is 0. The van der Waals surface area contributed by atoms with E-state index in [1.807, 2.05) is 0 Å². The molecule has 0 amide bonds. The highest BCUT2D eigenvalue weighted by atomic mass is 19.2. The van der Waals surface area contributed by atoms with Crippen LogP contribution in [0.1, 0.15) is 149 Å². The van der Waals surface area contributed by atoms with Gasteiger partial charge >= 0.3 is 0 Å². The van der Waals surface area contributed by atoms with Crippen LogP contribution < -0.4 is 0 Å². The van der Waals surface area contributed by atoms with E-state index in [0.29, 0.717) is 17.8 Å². The van der Waals surface area contributed by atoms with Crippen molar-refractivity contribution in [1.29, 1.82) is 0 Å². The molecule has 0 radical (unpaired) electrons. The topological polar surface area (TPSA) is 0 Å². The Balaban J connectivity index is 1.10. The van der Waals surface area contributed by atoms with Crippen LogP contribution in [-0.4, -0.2) is 18.5 Å². The fourth-order valence-electron chi connectivity index (χ4n) is 9.28. The van der Waals surface area contributed by atoms with Gasteiger partial charge in [-0.1, -0.05) is 78.1 Å². The van der Waals surface area contributed by atoms with E-state index >= 15 is 8.78 Å². The van der Waals surface area contributed by atoms with Crippen molar-refractivity contribution in [2.75, 3.05) is 0 Å². The van der Waals surface area contributed by atoms with Gasteiger partial charge in [-0.3, -0.25) is 0 Å². The third-order valence-corrected chi connectivity index (χ3v) is 12.0. The summed E-state index contributed by atoms with van der Waals surface area (Å²) >= 11 is 0. The molecule has 0 aromatic heterocycles. The molecule has 37 heavy (non-hydrogen) atoms. The van der Waals surface area contributed by atoms with Gasteiger partial charge in [0.2, 0.25) is 0 Å². The summed E-state index contributed by atoms with van der Waals surface area (Å²) in [6.45, 7) is 4.49. The zero-order chi connectivity index (χ0) is 26.2. The fraction of sp³-hybridized carbons (Fsp3) is 1.00. The molecule has 0 spiro atoms. The van der Waals surface area contributed by atoms with Crippen molar-refractivity contribution < 1.29 is 13.2 Å². The number of hydrogen-bond donors (Lipinski definition) is 0. The first-order valence-electron chi connectivity index (χ1n) is 16.9. The lowest BCUT2D eigenvalue weighted by Crippen LogP contribution is -2.42. The fourth-order valence-corrected chi connectivity index (χ4v) is 9.28. The second kappa shape index (κ2) is 15.0. The normalized spacial score (nSPS) is 43.5. The second-order valence-electron chi connectivity index (χ2n) is 14.1. The van der Waals surface area contributed by atoms with Crippen LogP contribution in [0, 0.1) is 47.3 Å². The van der Waals surface area contributed by atoms with Crippen molar-refractivity contribution in [3.05, 3.63) is 0 Å². The first-order valence-corrected chi connectivity index (χ1v) is 16.9. The summed E-state index contributed by atoms with van der Waals surface area (Å²) in [6, 6.07) is 0. The molecule has 0 aliphatic heterocycles. The van der Waals surface area contributed by atoms with Gasteiger partial charge in [-0.05, 0) is 118 Å². The predicted molar refractivity (Wildman–Crippen MR) is 151 cm³/mol. The van der Waals surface area contributed by atoms with Crippen molar-refractivity contribution in [2.45, 2.75) is 167 Å². The Morgan fingerprint density at radius 1 is 0.514 bits per heavy atom. The van der Waals surface area contributed by atoms with Crippen LogP contribution in [0.25, 0.3) is 0 Å². The quantitative estimate of drug-likeness (QED) is 0.236. The lowest BCUT2D eigenvalue weighted by Gasteiger charge is -2.41. The van der Waals surface area contributed by atoms with E-state index in [1.54, 1.807) is 0 Å². The molecule has 216 valence electrons. The monoisotopic (exact) mass is 524 g/mol. The van der Waals surface area contributed by atoms with Gasteiger partial charge in [-0.15, -0.1) is 0 Å². The van der Waals surface area contributed by atoms with Crippen LogP contribution in [-0.2, 0) is 0 Å². The third kappa shape index (κ3) is 8.15. The highest BCUT2D eigenvalue weighted by Gasteiger charge is 2.43. The molecule has 0 N–H and O–H groups in total. The first kappa shape index (κ1) is 29.8. The maximum Gasteiger partial charge on any atom is 0.134 e. The molecule has 0 aromatic carbocycles. The van der Waals surface area contributed by atoms with Crippen LogP contribution in [0.2, 0.25) is 0 Å². The summed E-state index contributed by atoms with van der Waals surface area (Å²) < 4.78 is 45.2. The molecule has 4 rings (SSSR count). The van der Waals surface area contributed by atoms with Crippen molar-refractivity contribution in [1.82, 2.24) is 0 Å². The lowest BCUT2D eigenvalue weighted by molar-refractivity contribution is -0.0149. The molecule has 4 aliphatic rings. The molecule has 4 saturated carbocycles. The minimum atomic E-state index is -1.23. The first-order chi connectivity index (χ1) is 18.0. The van der Waals surface area contributed by atoms with E-state index in [4.69, 9.17) is 0 Å². The zero-order valence-electron chi connectivity index (χ0n) is 24.3. The Hall–Kier alpha value is -0.210. The van der Waals surface area contributed by atoms with Gasteiger partial charge in [0, 0.05) is 0 Å². The Bertz CT molecular complexity index is 621. The van der Waals surface area contributed by atoms with Gasteiger partial charge in [0.15, 0.2) is 0 Å². The molecule has 0 bridgehead atoms.